The van der Waals surface area contributed by atoms with Crippen molar-refractivity contribution in [1.82, 2.24) is 14.9 Å². The Labute approximate surface area is 122 Å². The van der Waals surface area contributed by atoms with Crippen molar-refractivity contribution >= 4 is 12.2 Å². The average Bonchev–Trinajstić information content (AvgIpc) is 2.76. The predicted octanol–water partition coefficient (Wildman–Crippen LogP) is 1.71. The maximum atomic E-state index is 11.0. The number of esters is 1. The molecule has 0 radical (unpaired) electrons. The van der Waals surface area contributed by atoms with Crippen molar-refractivity contribution in [2.75, 3.05) is 7.11 Å². The number of aromatic nitrogens is 3. The predicted molar refractivity (Wildman–Crippen MR) is 76.8 cm³/mol. The van der Waals surface area contributed by atoms with E-state index >= 15 is 0 Å². The molecule has 0 atom stereocenters. The SMILES string of the molecule is COc1cc(/C=N/n2c(C)nnc2C)ccc1OC(C)=O. The van der Waals surface area contributed by atoms with Crippen LogP contribution >= 0.6 is 0 Å². The second-order valence-electron chi connectivity index (χ2n) is 4.35. The fraction of sp³-hybridized carbons (Fsp3) is 0.286. The van der Waals surface area contributed by atoms with Gasteiger partial charge in [-0.05, 0) is 37.6 Å². The normalized spacial score (nSPS) is 10.9. The van der Waals surface area contributed by atoms with E-state index in [9.17, 15) is 4.79 Å². The summed E-state index contributed by atoms with van der Waals surface area (Å²) in [5.74, 6) is 1.84. The average molecular weight is 288 g/mol. The molecule has 0 amide bonds. The van der Waals surface area contributed by atoms with E-state index in [-0.39, 0.29) is 0 Å². The zero-order valence-corrected chi connectivity index (χ0v) is 12.3. The van der Waals surface area contributed by atoms with E-state index in [1.807, 2.05) is 13.8 Å². The highest BCUT2D eigenvalue weighted by Gasteiger charge is 2.07. The molecule has 0 aliphatic rings. The molecular weight excluding hydrogens is 272 g/mol. The van der Waals surface area contributed by atoms with Gasteiger partial charge in [-0.1, -0.05) is 0 Å². The minimum atomic E-state index is -0.398. The Bertz CT molecular complexity index is 672. The van der Waals surface area contributed by atoms with E-state index in [0.29, 0.717) is 23.1 Å². The smallest absolute Gasteiger partial charge is 0.308 e. The van der Waals surface area contributed by atoms with E-state index in [2.05, 4.69) is 15.3 Å². The van der Waals surface area contributed by atoms with Gasteiger partial charge < -0.3 is 9.47 Å². The molecule has 0 aliphatic carbocycles. The minimum Gasteiger partial charge on any atom is -0.493 e. The van der Waals surface area contributed by atoms with Crippen LogP contribution in [0.3, 0.4) is 0 Å². The van der Waals surface area contributed by atoms with E-state index in [4.69, 9.17) is 9.47 Å². The molecule has 0 N–H and O–H groups in total. The monoisotopic (exact) mass is 288 g/mol. The van der Waals surface area contributed by atoms with Crippen LogP contribution < -0.4 is 9.47 Å². The number of hydrogen-bond acceptors (Lipinski definition) is 6. The third-order valence-electron chi connectivity index (χ3n) is 2.72. The fourth-order valence-electron chi connectivity index (χ4n) is 1.76. The van der Waals surface area contributed by atoms with Gasteiger partial charge in [0.15, 0.2) is 23.1 Å². The van der Waals surface area contributed by atoms with Crippen LogP contribution in [0.4, 0.5) is 0 Å². The highest BCUT2D eigenvalue weighted by Crippen LogP contribution is 2.27. The second-order valence-corrected chi connectivity index (χ2v) is 4.35. The number of nitrogens with zero attached hydrogens (tertiary/aromatic N) is 4. The van der Waals surface area contributed by atoms with Crippen LogP contribution in [-0.2, 0) is 4.79 Å². The Balaban J connectivity index is 2.27. The van der Waals surface area contributed by atoms with E-state index in [0.717, 1.165) is 5.56 Å². The molecule has 0 saturated carbocycles. The lowest BCUT2D eigenvalue weighted by atomic mass is 10.2. The zero-order valence-electron chi connectivity index (χ0n) is 12.3. The third kappa shape index (κ3) is 3.44. The van der Waals surface area contributed by atoms with Crippen molar-refractivity contribution in [3.8, 4) is 11.5 Å². The lowest BCUT2D eigenvalue weighted by Gasteiger charge is -2.08. The molecule has 0 fully saturated rings. The van der Waals surface area contributed by atoms with Gasteiger partial charge in [0.1, 0.15) is 0 Å². The maximum Gasteiger partial charge on any atom is 0.308 e. The van der Waals surface area contributed by atoms with E-state index in [1.165, 1.54) is 14.0 Å². The molecule has 7 nitrogen and oxygen atoms in total. The van der Waals surface area contributed by atoms with E-state index < -0.39 is 5.97 Å². The highest BCUT2D eigenvalue weighted by atomic mass is 16.6. The molecule has 0 aliphatic heterocycles. The third-order valence-corrected chi connectivity index (χ3v) is 2.72. The van der Waals surface area contributed by atoms with Gasteiger partial charge in [-0.25, -0.2) is 4.68 Å². The lowest BCUT2D eigenvalue weighted by Crippen LogP contribution is -2.03. The van der Waals surface area contributed by atoms with Gasteiger partial charge >= 0.3 is 5.97 Å². The molecule has 1 heterocycles. The highest BCUT2D eigenvalue weighted by molar-refractivity contribution is 5.81. The zero-order chi connectivity index (χ0) is 15.4. The van der Waals surface area contributed by atoms with Crippen LogP contribution in [0.2, 0.25) is 0 Å². The first-order chi connectivity index (χ1) is 10.0. The summed E-state index contributed by atoms with van der Waals surface area (Å²) >= 11 is 0. The summed E-state index contributed by atoms with van der Waals surface area (Å²) in [5.41, 5.74) is 0.801. The van der Waals surface area contributed by atoms with Crippen LogP contribution in [0.25, 0.3) is 0 Å². The Morgan fingerprint density at radius 1 is 1.24 bits per heavy atom. The van der Waals surface area contributed by atoms with Crippen molar-refractivity contribution in [1.29, 1.82) is 0 Å². The number of aryl methyl sites for hydroxylation is 2. The summed E-state index contributed by atoms with van der Waals surface area (Å²) in [7, 11) is 1.51. The first-order valence-electron chi connectivity index (χ1n) is 6.30. The maximum absolute atomic E-state index is 11.0. The largest absolute Gasteiger partial charge is 0.493 e. The van der Waals surface area contributed by atoms with Crippen LogP contribution in [-0.4, -0.2) is 34.2 Å². The van der Waals surface area contributed by atoms with Gasteiger partial charge in [0.2, 0.25) is 0 Å². The molecular formula is C14H16N4O3. The van der Waals surface area contributed by atoms with Crippen LogP contribution in [0, 0.1) is 13.8 Å². The molecule has 1 aromatic heterocycles. The van der Waals surface area contributed by atoms with Crippen molar-refractivity contribution in [2.45, 2.75) is 20.8 Å². The summed E-state index contributed by atoms with van der Waals surface area (Å²) in [6.07, 6.45) is 1.66. The number of ether oxygens (including phenoxy) is 2. The topological polar surface area (TPSA) is 78.6 Å². The number of methoxy groups -OCH3 is 1. The molecule has 110 valence electrons. The molecule has 0 unspecified atom stereocenters. The quantitative estimate of drug-likeness (QED) is 0.486. The lowest BCUT2D eigenvalue weighted by molar-refractivity contribution is -0.132. The summed E-state index contributed by atoms with van der Waals surface area (Å²) in [4.78, 5) is 11.0. The summed E-state index contributed by atoms with van der Waals surface area (Å²) in [5, 5.41) is 12.2. The molecule has 2 rings (SSSR count). The van der Waals surface area contributed by atoms with Gasteiger partial charge in [-0.2, -0.15) is 5.10 Å². The standard InChI is InChI=1S/C14H16N4O3/c1-9-16-17-10(2)18(9)15-8-12-5-6-13(21-11(3)19)14(7-12)20-4/h5-8H,1-4H3/b15-8+. The first kappa shape index (κ1) is 14.7. The van der Waals surface area contributed by atoms with Crippen molar-refractivity contribution in [3.05, 3.63) is 35.4 Å². The number of hydrogen-bond donors (Lipinski definition) is 0. The first-order valence-corrected chi connectivity index (χ1v) is 6.30. The second kappa shape index (κ2) is 6.17. The van der Waals surface area contributed by atoms with Crippen LogP contribution in [0.15, 0.2) is 23.3 Å². The van der Waals surface area contributed by atoms with Gasteiger partial charge in [0.05, 0.1) is 13.3 Å². The molecule has 21 heavy (non-hydrogen) atoms. The molecule has 7 heteroatoms. The van der Waals surface area contributed by atoms with Crippen molar-refractivity contribution in [2.24, 2.45) is 5.10 Å². The number of benzene rings is 1. The number of carbonyl (C=O) groups is 1. The van der Waals surface area contributed by atoms with Crippen molar-refractivity contribution in [3.63, 3.8) is 0 Å². The summed E-state index contributed by atoms with van der Waals surface area (Å²) in [6.45, 7) is 4.98. The molecule has 0 saturated heterocycles. The fourth-order valence-corrected chi connectivity index (χ4v) is 1.76. The summed E-state index contributed by atoms with van der Waals surface area (Å²) < 4.78 is 11.9. The molecule has 1 aromatic carbocycles. The van der Waals surface area contributed by atoms with Gasteiger partial charge in [-0.3, -0.25) is 4.79 Å². The minimum absolute atomic E-state index is 0.374. The molecule has 2 aromatic rings. The number of rotatable bonds is 4. The Kier molecular flexibility index (Phi) is 4.32. The molecule has 0 bridgehead atoms. The Morgan fingerprint density at radius 3 is 2.48 bits per heavy atom. The van der Waals surface area contributed by atoms with Crippen molar-refractivity contribution < 1.29 is 14.3 Å². The summed E-state index contributed by atoms with van der Waals surface area (Å²) in [6, 6.07) is 5.17. The molecule has 0 spiro atoms. The van der Waals surface area contributed by atoms with Crippen LogP contribution in [0.5, 0.6) is 11.5 Å². The Hall–Kier alpha value is -2.70. The van der Waals surface area contributed by atoms with E-state index in [1.54, 1.807) is 29.1 Å². The van der Waals surface area contributed by atoms with Gasteiger partial charge in [0.25, 0.3) is 0 Å². The Morgan fingerprint density at radius 2 is 1.90 bits per heavy atom. The van der Waals surface area contributed by atoms with Gasteiger partial charge in [0, 0.05) is 6.92 Å². The van der Waals surface area contributed by atoms with Crippen LogP contribution in [0.1, 0.15) is 24.1 Å². The number of carbonyl (C=O) groups excluding carboxylic acids is 1. The van der Waals surface area contributed by atoms with Gasteiger partial charge in [-0.15, -0.1) is 10.2 Å².